The van der Waals surface area contributed by atoms with Gasteiger partial charge in [-0.25, -0.2) is 0 Å². The fourth-order valence-corrected chi connectivity index (χ4v) is 3.24. The number of aliphatic hydroxyl groups excluding tert-OH is 1. The third-order valence-electron chi connectivity index (χ3n) is 4.44. The van der Waals surface area contributed by atoms with Crippen molar-refractivity contribution in [2.75, 3.05) is 0 Å². The van der Waals surface area contributed by atoms with E-state index in [-0.39, 0.29) is 17.3 Å². The van der Waals surface area contributed by atoms with Crippen LogP contribution in [0.15, 0.2) is 11.6 Å². The van der Waals surface area contributed by atoms with E-state index in [1.807, 2.05) is 0 Å². The van der Waals surface area contributed by atoms with E-state index in [1.165, 1.54) is 12.0 Å². The van der Waals surface area contributed by atoms with Crippen molar-refractivity contribution in [1.29, 1.82) is 0 Å². The highest BCUT2D eigenvalue weighted by molar-refractivity contribution is 5.22. The van der Waals surface area contributed by atoms with Crippen molar-refractivity contribution in [2.45, 2.75) is 77.1 Å². The third kappa shape index (κ3) is 2.74. The monoisotopic (exact) mass is 238 g/mol. The first-order valence-electron chi connectivity index (χ1n) is 6.92. The summed E-state index contributed by atoms with van der Waals surface area (Å²) in [6.45, 7) is 8.66. The van der Waals surface area contributed by atoms with Crippen LogP contribution in [0.2, 0.25) is 0 Å². The van der Waals surface area contributed by atoms with Crippen LogP contribution in [0.1, 0.15) is 59.8 Å². The molecule has 0 bridgehead atoms. The van der Waals surface area contributed by atoms with Crippen LogP contribution < -0.4 is 0 Å². The number of hydrogen-bond acceptors (Lipinski definition) is 2. The first-order valence-corrected chi connectivity index (χ1v) is 6.92. The second-order valence-corrected chi connectivity index (χ2v) is 6.64. The van der Waals surface area contributed by atoms with Crippen molar-refractivity contribution in [3.63, 3.8) is 0 Å². The fourth-order valence-electron chi connectivity index (χ4n) is 3.24. The van der Waals surface area contributed by atoms with E-state index in [9.17, 15) is 5.11 Å². The smallest absolute Gasteiger partial charge is 0.0871 e. The highest BCUT2D eigenvalue weighted by Gasteiger charge is 2.41. The summed E-state index contributed by atoms with van der Waals surface area (Å²) in [4.78, 5) is 0. The van der Waals surface area contributed by atoms with Gasteiger partial charge in [-0.15, -0.1) is 0 Å². The van der Waals surface area contributed by atoms with Gasteiger partial charge in [0.15, 0.2) is 0 Å². The first kappa shape index (κ1) is 13.1. The molecule has 1 aliphatic carbocycles. The maximum absolute atomic E-state index is 9.99. The second kappa shape index (κ2) is 4.40. The fraction of sp³-hybridized carbons (Fsp3) is 0.867. The van der Waals surface area contributed by atoms with Crippen molar-refractivity contribution in [1.82, 2.24) is 0 Å². The van der Waals surface area contributed by atoms with E-state index >= 15 is 0 Å². The van der Waals surface area contributed by atoms with Gasteiger partial charge in [0.05, 0.1) is 17.3 Å². The molecule has 1 aliphatic heterocycles. The van der Waals surface area contributed by atoms with Crippen molar-refractivity contribution < 1.29 is 9.84 Å². The molecule has 17 heavy (non-hydrogen) atoms. The summed E-state index contributed by atoms with van der Waals surface area (Å²) in [6, 6.07) is 0. The zero-order valence-electron chi connectivity index (χ0n) is 11.6. The van der Waals surface area contributed by atoms with Gasteiger partial charge in [0.1, 0.15) is 0 Å². The Bertz CT molecular complexity index is 319. The molecule has 1 N–H and O–H groups in total. The minimum atomic E-state index is -0.288. The molecule has 0 aromatic carbocycles. The van der Waals surface area contributed by atoms with Crippen LogP contribution >= 0.6 is 0 Å². The van der Waals surface area contributed by atoms with Crippen molar-refractivity contribution in [2.24, 2.45) is 5.92 Å². The third-order valence-corrected chi connectivity index (χ3v) is 4.44. The molecule has 2 nitrogen and oxygen atoms in total. The molecule has 0 amide bonds. The quantitative estimate of drug-likeness (QED) is 0.709. The molecule has 1 saturated heterocycles. The van der Waals surface area contributed by atoms with Gasteiger partial charge >= 0.3 is 0 Å². The van der Waals surface area contributed by atoms with Crippen LogP contribution in [0.4, 0.5) is 0 Å². The molecule has 0 spiro atoms. The van der Waals surface area contributed by atoms with Crippen LogP contribution in [0.5, 0.6) is 0 Å². The van der Waals surface area contributed by atoms with Gasteiger partial charge in [-0.2, -0.15) is 0 Å². The summed E-state index contributed by atoms with van der Waals surface area (Å²) in [7, 11) is 0. The maximum atomic E-state index is 9.99. The summed E-state index contributed by atoms with van der Waals surface area (Å²) in [6.07, 6.45) is 7.35. The summed E-state index contributed by atoms with van der Waals surface area (Å²) < 4.78 is 6.30. The minimum absolute atomic E-state index is 0.0259. The molecule has 0 aromatic rings. The molecule has 0 saturated carbocycles. The van der Waals surface area contributed by atoms with Crippen LogP contribution in [-0.4, -0.2) is 22.4 Å². The lowest BCUT2D eigenvalue weighted by Crippen LogP contribution is -2.45. The summed E-state index contributed by atoms with van der Waals surface area (Å²) in [5.41, 5.74) is 1.14. The normalized spacial score (nSPS) is 42.1. The average molecular weight is 238 g/mol. The predicted octanol–water partition coefficient (Wildman–Crippen LogP) is 3.44. The lowest BCUT2D eigenvalue weighted by Gasteiger charge is -2.46. The standard InChI is InChI=1S/C15H26O2/c1-11-6-7-12(10-13(11)16)15(4)9-5-8-14(2,3)17-15/h10-11,13,16H,5-9H2,1-4H3/t11?,13-,15+/m1/s1. The highest BCUT2D eigenvalue weighted by Crippen LogP contribution is 2.42. The predicted molar refractivity (Wildman–Crippen MR) is 69.9 cm³/mol. The molecule has 1 fully saturated rings. The molecule has 0 radical (unpaired) electrons. The van der Waals surface area contributed by atoms with Crippen LogP contribution in [-0.2, 0) is 4.74 Å². The van der Waals surface area contributed by atoms with Gasteiger partial charge in [0.2, 0.25) is 0 Å². The number of rotatable bonds is 1. The molecule has 1 heterocycles. The van der Waals surface area contributed by atoms with Gasteiger partial charge in [-0.1, -0.05) is 13.0 Å². The minimum Gasteiger partial charge on any atom is -0.389 e. The lowest BCUT2D eigenvalue weighted by molar-refractivity contribution is -0.148. The second-order valence-electron chi connectivity index (χ2n) is 6.64. The maximum Gasteiger partial charge on any atom is 0.0871 e. The largest absolute Gasteiger partial charge is 0.389 e. The van der Waals surface area contributed by atoms with Crippen LogP contribution in [0, 0.1) is 5.92 Å². The zero-order chi connectivity index (χ0) is 12.7. The molecule has 98 valence electrons. The summed E-state index contributed by atoms with van der Waals surface area (Å²) in [5, 5.41) is 9.99. The molecule has 0 aromatic heterocycles. The number of hydrogen-bond donors (Lipinski definition) is 1. The molecule has 3 atom stereocenters. The Labute approximate surface area is 105 Å². The Morgan fingerprint density at radius 3 is 2.59 bits per heavy atom. The number of ether oxygens (including phenoxy) is 1. The van der Waals surface area contributed by atoms with E-state index in [1.54, 1.807) is 0 Å². The van der Waals surface area contributed by atoms with Crippen LogP contribution in [0.3, 0.4) is 0 Å². The Hall–Kier alpha value is -0.340. The van der Waals surface area contributed by atoms with E-state index < -0.39 is 0 Å². The lowest BCUT2D eigenvalue weighted by atomic mass is 9.76. The van der Waals surface area contributed by atoms with Gasteiger partial charge in [0.25, 0.3) is 0 Å². The molecule has 1 unspecified atom stereocenters. The average Bonchev–Trinajstić information content (AvgIpc) is 2.20. The Balaban J connectivity index is 2.18. The van der Waals surface area contributed by atoms with E-state index in [2.05, 4.69) is 33.8 Å². The Kier molecular flexibility index (Phi) is 3.39. The van der Waals surface area contributed by atoms with Gasteiger partial charge in [-0.05, 0) is 64.4 Å². The first-order chi connectivity index (χ1) is 7.82. The highest BCUT2D eigenvalue weighted by atomic mass is 16.5. The van der Waals surface area contributed by atoms with E-state index in [4.69, 9.17) is 4.74 Å². The van der Waals surface area contributed by atoms with Gasteiger partial charge in [-0.3, -0.25) is 0 Å². The van der Waals surface area contributed by atoms with Crippen LogP contribution in [0.25, 0.3) is 0 Å². The van der Waals surface area contributed by atoms with Gasteiger partial charge in [0, 0.05) is 0 Å². The summed E-state index contributed by atoms with van der Waals surface area (Å²) >= 11 is 0. The molecular weight excluding hydrogens is 212 g/mol. The molecule has 2 rings (SSSR count). The Morgan fingerprint density at radius 2 is 2.00 bits per heavy atom. The zero-order valence-corrected chi connectivity index (χ0v) is 11.6. The topological polar surface area (TPSA) is 29.5 Å². The van der Waals surface area contributed by atoms with Crippen molar-refractivity contribution in [3.05, 3.63) is 11.6 Å². The van der Waals surface area contributed by atoms with Crippen molar-refractivity contribution >= 4 is 0 Å². The molecular formula is C15H26O2. The van der Waals surface area contributed by atoms with E-state index in [0.717, 1.165) is 25.7 Å². The Morgan fingerprint density at radius 1 is 1.29 bits per heavy atom. The van der Waals surface area contributed by atoms with E-state index in [0.29, 0.717) is 5.92 Å². The SMILES string of the molecule is CC1CCC([C@]2(C)CCCC(C)(C)O2)=C[C@H]1O. The summed E-state index contributed by atoms with van der Waals surface area (Å²) in [5.74, 6) is 0.388. The van der Waals surface area contributed by atoms with Crippen molar-refractivity contribution in [3.8, 4) is 0 Å². The molecule has 2 heteroatoms. The molecule has 2 aliphatic rings. The van der Waals surface area contributed by atoms with Gasteiger partial charge < -0.3 is 9.84 Å². The number of aliphatic hydroxyl groups is 1.